The summed E-state index contributed by atoms with van der Waals surface area (Å²) in [4.78, 5) is 14.6. The van der Waals surface area contributed by atoms with Crippen molar-refractivity contribution < 1.29 is 35.8 Å². The molecule has 2 rings (SSSR count). The van der Waals surface area contributed by atoms with Crippen LogP contribution in [0.5, 0.6) is 0 Å². The van der Waals surface area contributed by atoms with Crippen molar-refractivity contribution in [2.75, 3.05) is 24.7 Å². The zero-order valence-electron chi connectivity index (χ0n) is 13.1. The highest BCUT2D eigenvalue weighted by Crippen LogP contribution is 2.30. The number of hydrogen-bond acceptors (Lipinski definition) is 6. The van der Waals surface area contributed by atoms with Gasteiger partial charge in [0.25, 0.3) is 0 Å². The van der Waals surface area contributed by atoms with E-state index in [4.69, 9.17) is 13.0 Å². The number of carbonyl (C=O) groups excluding carboxylic acids is 1. The summed E-state index contributed by atoms with van der Waals surface area (Å²) in [7, 11) is -1.85. The monoisotopic (exact) mass is 386 g/mol. The van der Waals surface area contributed by atoms with Crippen LogP contribution in [0.15, 0.2) is 24.3 Å². The van der Waals surface area contributed by atoms with Gasteiger partial charge in [0.1, 0.15) is 11.5 Å². The van der Waals surface area contributed by atoms with Gasteiger partial charge in [0.2, 0.25) is 5.50 Å². The molecule has 1 aliphatic rings. The Balaban J connectivity index is 0.000000307. The number of nitrogens with one attached hydrogen (secondary N) is 1. The number of halogens is 3. The van der Waals surface area contributed by atoms with Gasteiger partial charge in [0.15, 0.2) is 15.8 Å². The highest BCUT2D eigenvalue weighted by molar-refractivity contribution is 8.00. The van der Waals surface area contributed by atoms with Crippen LogP contribution in [0.1, 0.15) is 6.92 Å². The molecule has 1 heterocycles. The van der Waals surface area contributed by atoms with Gasteiger partial charge >= 0.3 is 5.51 Å². The normalized spacial score (nSPS) is 20.2. The maximum atomic E-state index is 11.0. The third-order valence-corrected chi connectivity index (χ3v) is 5.28. The molecule has 1 aromatic rings. The summed E-state index contributed by atoms with van der Waals surface area (Å²) >= 11 is 1.70. The second-order valence-corrected chi connectivity index (χ2v) is 7.52. The number of hydrogen-bond donors (Lipinski definition) is 1. The largest absolute Gasteiger partial charge is 0.741 e. The third-order valence-electron chi connectivity index (χ3n) is 3.16. The molecule has 0 saturated heterocycles. The van der Waals surface area contributed by atoms with Gasteiger partial charge in [-0.1, -0.05) is 23.9 Å². The quantitative estimate of drug-likeness (QED) is 0.615. The van der Waals surface area contributed by atoms with E-state index in [0.29, 0.717) is 11.3 Å². The number of quaternary nitrogens is 1. The molecular weight excluding hydrogens is 369 g/mol. The van der Waals surface area contributed by atoms with Crippen molar-refractivity contribution in [3.63, 3.8) is 0 Å². The predicted molar refractivity (Wildman–Crippen MR) is 84.1 cm³/mol. The first kappa shape index (κ1) is 20.7. The molecule has 0 spiro atoms. The van der Waals surface area contributed by atoms with Crippen molar-refractivity contribution in [3.8, 4) is 0 Å². The average molecular weight is 386 g/mol. The summed E-state index contributed by atoms with van der Waals surface area (Å²) in [6, 6.07) is 8.40. The van der Waals surface area contributed by atoms with Crippen LogP contribution >= 0.6 is 11.8 Å². The molecular formula is C13H17F3N2O4S2. The van der Waals surface area contributed by atoms with Gasteiger partial charge in [0.05, 0.1) is 12.8 Å². The van der Waals surface area contributed by atoms with E-state index in [9.17, 15) is 18.0 Å². The Hall–Kier alpha value is -1.30. The first-order valence-corrected chi connectivity index (χ1v) is 9.11. The average Bonchev–Trinajstić information content (AvgIpc) is 2.68. The van der Waals surface area contributed by atoms with Crippen LogP contribution < -0.4 is 9.80 Å². The zero-order valence-corrected chi connectivity index (χ0v) is 14.8. The Morgan fingerprint density at radius 2 is 1.88 bits per heavy atom. The predicted octanol–water partition coefficient (Wildman–Crippen LogP) is 0.940. The zero-order chi connectivity index (χ0) is 18.7. The number of benzene rings is 1. The summed E-state index contributed by atoms with van der Waals surface area (Å²) in [5.41, 5.74) is -2.76. The van der Waals surface area contributed by atoms with Crippen LogP contribution in [-0.4, -0.2) is 49.6 Å². The summed E-state index contributed by atoms with van der Waals surface area (Å²) in [6.45, 7) is 1.64. The fourth-order valence-corrected chi connectivity index (χ4v) is 3.20. The lowest BCUT2D eigenvalue weighted by molar-refractivity contribution is -0.814. The Bertz CT molecular complexity index is 666. The molecule has 2 unspecified atom stereocenters. The van der Waals surface area contributed by atoms with Gasteiger partial charge in [-0.25, -0.2) is 8.42 Å². The molecule has 0 fully saturated rings. The summed E-state index contributed by atoms with van der Waals surface area (Å²) < 4.78 is 58.9. The van der Waals surface area contributed by atoms with Gasteiger partial charge in [-0.05, 0) is 13.0 Å². The molecule has 1 N–H and O–H groups in total. The molecule has 24 heavy (non-hydrogen) atoms. The molecule has 0 amide bonds. The maximum absolute atomic E-state index is 11.0. The molecule has 0 radical (unpaired) electrons. The second kappa shape index (κ2) is 7.72. The number of Topliss-reactive ketones (excluding diaryl/α,β-unsaturated/α-hetero) is 1. The molecule has 6 nitrogen and oxygen atoms in total. The number of alkyl halides is 3. The number of carbonyl (C=O) groups is 1. The van der Waals surface area contributed by atoms with E-state index in [1.165, 1.54) is 16.3 Å². The number of ketones is 1. The van der Waals surface area contributed by atoms with Gasteiger partial charge < -0.3 is 9.45 Å². The first-order valence-electron chi connectivity index (χ1n) is 6.65. The van der Waals surface area contributed by atoms with E-state index in [-0.39, 0.29) is 5.78 Å². The number of thioether (sulfide) groups is 1. The van der Waals surface area contributed by atoms with Gasteiger partial charge in [-0.2, -0.15) is 13.2 Å². The van der Waals surface area contributed by atoms with Crippen molar-refractivity contribution in [2.24, 2.45) is 0 Å². The molecule has 1 aromatic carbocycles. The Morgan fingerprint density at radius 3 is 2.29 bits per heavy atom. The van der Waals surface area contributed by atoms with Crippen molar-refractivity contribution in [1.82, 2.24) is 0 Å². The second-order valence-electron chi connectivity index (χ2n) is 5.08. The molecule has 136 valence electrons. The van der Waals surface area contributed by atoms with E-state index < -0.39 is 15.6 Å². The third kappa shape index (κ3) is 5.10. The van der Waals surface area contributed by atoms with Crippen LogP contribution in [0.25, 0.3) is 0 Å². The number of rotatable bonds is 3. The Morgan fingerprint density at radius 1 is 1.38 bits per heavy atom. The topological polar surface area (TPSA) is 82.0 Å². The fraction of sp³-hybridized carbons (Fsp3) is 0.462. The van der Waals surface area contributed by atoms with Crippen molar-refractivity contribution in [2.45, 2.75) is 17.9 Å². The number of para-hydroxylation sites is 2. The smallest absolute Gasteiger partial charge is 0.485 e. The molecule has 11 heteroatoms. The van der Waals surface area contributed by atoms with E-state index in [0.717, 1.165) is 0 Å². The van der Waals surface area contributed by atoms with Crippen LogP contribution in [0.4, 0.5) is 24.5 Å². The van der Waals surface area contributed by atoms with Crippen LogP contribution in [0.2, 0.25) is 0 Å². The van der Waals surface area contributed by atoms with E-state index >= 15 is 0 Å². The molecule has 0 bridgehead atoms. The van der Waals surface area contributed by atoms with Crippen LogP contribution in [-0.2, 0) is 14.9 Å². The summed E-state index contributed by atoms with van der Waals surface area (Å²) in [5, 5.41) is 0. The minimum absolute atomic E-state index is 0.238. The molecule has 2 atom stereocenters. The SMILES string of the molecule is CC(=O)CSC1N(C)c2ccccc2[NH+]1C.O=S(=O)([O-])C(F)(F)F. The van der Waals surface area contributed by atoms with Crippen LogP contribution in [0.3, 0.4) is 0 Å². The first-order chi connectivity index (χ1) is 10.9. The molecule has 0 saturated carbocycles. The van der Waals surface area contributed by atoms with Gasteiger partial charge in [-0.15, -0.1) is 0 Å². The maximum Gasteiger partial charge on any atom is 0.485 e. The number of anilines is 1. The van der Waals surface area contributed by atoms with Gasteiger partial charge in [0, 0.05) is 13.1 Å². The van der Waals surface area contributed by atoms with Crippen molar-refractivity contribution >= 4 is 39.0 Å². The fourth-order valence-electron chi connectivity index (χ4n) is 2.10. The lowest BCUT2D eigenvalue weighted by Gasteiger charge is -2.21. The molecule has 0 aromatic heterocycles. The molecule has 0 aliphatic carbocycles. The summed E-state index contributed by atoms with van der Waals surface area (Å²) in [6.07, 6.45) is 0. The number of fused-ring (bicyclic) bond motifs is 1. The highest BCUT2D eigenvalue weighted by Gasteiger charge is 2.37. The molecule has 1 aliphatic heterocycles. The van der Waals surface area contributed by atoms with E-state index in [1.807, 2.05) is 0 Å². The lowest BCUT2D eigenvalue weighted by Crippen LogP contribution is -3.07. The van der Waals surface area contributed by atoms with Gasteiger partial charge in [-0.3, -0.25) is 9.69 Å². The van der Waals surface area contributed by atoms with Crippen molar-refractivity contribution in [1.29, 1.82) is 0 Å². The number of nitrogens with zero attached hydrogens (tertiary/aromatic N) is 1. The van der Waals surface area contributed by atoms with Crippen molar-refractivity contribution in [3.05, 3.63) is 24.3 Å². The van der Waals surface area contributed by atoms with Crippen LogP contribution in [0, 0.1) is 0 Å². The minimum atomic E-state index is -6.09. The van der Waals surface area contributed by atoms with E-state index in [1.54, 1.807) is 18.7 Å². The minimum Gasteiger partial charge on any atom is -0.741 e. The van der Waals surface area contributed by atoms with E-state index in [2.05, 4.69) is 43.3 Å². The Labute approximate surface area is 142 Å². The Kier molecular flexibility index (Phi) is 6.67. The standard InChI is InChI=1S/C12H16N2OS.CHF3O3S/c1-9(15)8-16-12-13(2)10-6-4-5-7-11(10)14(12)3;2-1(3,4)8(5,6)7/h4-7,12H,8H2,1-3H3;(H,5,6,7). The highest BCUT2D eigenvalue weighted by atomic mass is 32.2. The summed E-state index contributed by atoms with van der Waals surface area (Å²) in [5.74, 6) is 0.822. The lowest BCUT2D eigenvalue weighted by atomic mass is 10.3.